The first-order valence-electron chi connectivity index (χ1n) is 12.6. The number of nitrogens with zero attached hydrogens (tertiary/aromatic N) is 3. The van der Waals surface area contributed by atoms with Gasteiger partial charge in [0, 0.05) is 36.6 Å². The van der Waals surface area contributed by atoms with Crippen LogP contribution in [0.15, 0.2) is 60.9 Å². The molecular weight excluding hydrogens is 513 g/mol. The minimum absolute atomic E-state index is 0.0674. The first-order valence-corrected chi connectivity index (χ1v) is 13.8. The minimum Gasteiger partial charge on any atom is -0.353 e. The van der Waals surface area contributed by atoms with E-state index < -0.39 is 11.7 Å². The number of halogens is 3. The number of amides is 1. The maximum absolute atomic E-state index is 13.2. The van der Waals surface area contributed by atoms with Crippen LogP contribution in [0.25, 0.3) is 0 Å². The molecular formula is C27H31F3N6OS. The molecule has 0 radical (unpaired) electrons. The molecule has 38 heavy (non-hydrogen) atoms. The Morgan fingerprint density at radius 2 is 1.66 bits per heavy atom. The lowest BCUT2D eigenvalue weighted by Gasteiger charge is -2.28. The van der Waals surface area contributed by atoms with E-state index in [2.05, 4.69) is 43.0 Å². The molecule has 1 saturated carbocycles. The van der Waals surface area contributed by atoms with Crippen molar-refractivity contribution >= 4 is 29.6 Å². The molecule has 0 aliphatic heterocycles. The molecule has 3 aromatic rings. The summed E-state index contributed by atoms with van der Waals surface area (Å²) in [6.07, 6.45) is -0.231. The summed E-state index contributed by atoms with van der Waals surface area (Å²) >= 11 is 1.83. The summed E-state index contributed by atoms with van der Waals surface area (Å²) in [6.45, 7) is 0.590. The zero-order valence-corrected chi connectivity index (χ0v) is 21.7. The molecule has 1 fully saturated rings. The molecule has 1 aliphatic rings. The van der Waals surface area contributed by atoms with Crippen molar-refractivity contribution in [1.29, 1.82) is 0 Å². The Hall–Kier alpha value is -3.34. The second kappa shape index (κ2) is 13.5. The molecule has 0 atom stereocenters. The van der Waals surface area contributed by atoms with Crippen LogP contribution in [0.5, 0.6) is 0 Å². The first-order chi connectivity index (χ1) is 18.4. The van der Waals surface area contributed by atoms with Gasteiger partial charge in [0.2, 0.25) is 17.8 Å². The number of hydrogen-bond donors (Lipinski definition) is 3. The van der Waals surface area contributed by atoms with E-state index in [9.17, 15) is 18.0 Å². The highest BCUT2D eigenvalue weighted by molar-refractivity contribution is 7.98. The summed E-state index contributed by atoms with van der Waals surface area (Å²) in [6, 6.07) is 15.7. The molecule has 1 heterocycles. The summed E-state index contributed by atoms with van der Waals surface area (Å²) in [5, 5.41) is 9.24. The zero-order chi connectivity index (χ0) is 26.8. The minimum atomic E-state index is -4.45. The van der Waals surface area contributed by atoms with Crippen LogP contribution < -0.4 is 16.0 Å². The molecule has 4 rings (SSSR count). The van der Waals surface area contributed by atoms with Gasteiger partial charge in [0.15, 0.2) is 0 Å². The van der Waals surface area contributed by atoms with Gasteiger partial charge in [-0.05, 0) is 42.9 Å². The third-order valence-electron chi connectivity index (χ3n) is 6.42. The molecule has 0 saturated heterocycles. The molecule has 2 aromatic carbocycles. The van der Waals surface area contributed by atoms with Gasteiger partial charge < -0.3 is 16.0 Å². The lowest BCUT2D eigenvalue weighted by molar-refractivity contribution is -0.138. The topological polar surface area (TPSA) is 91.8 Å². The molecule has 0 spiro atoms. The van der Waals surface area contributed by atoms with Crippen molar-refractivity contribution in [2.45, 2.75) is 50.2 Å². The standard InChI is InChI=1S/C27H31F3N6OS/c28-27(29,30)23-9-5-4-8-21(23)16-32-24(37)20-10-12-22(13-11-20)35-26-34-18-33-25(36-26)31-14-15-38-17-19-6-2-1-3-7-19/h1-9,18,20,22H,10-17H2,(H,32,37)(H2,31,33,34,35,36)/t20-,22+. The fourth-order valence-corrected chi connectivity index (χ4v) is 5.23. The molecule has 11 heteroatoms. The van der Waals surface area contributed by atoms with Gasteiger partial charge >= 0.3 is 6.18 Å². The molecule has 0 bridgehead atoms. The van der Waals surface area contributed by atoms with Crippen LogP contribution >= 0.6 is 11.8 Å². The maximum atomic E-state index is 13.2. The SMILES string of the molecule is O=C(NCc1ccccc1C(F)(F)F)[C@H]1CC[C@@H](Nc2ncnc(NCCSCc3ccccc3)n2)CC1. The van der Waals surface area contributed by atoms with Crippen molar-refractivity contribution in [3.63, 3.8) is 0 Å². The van der Waals surface area contributed by atoms with Crippen LogP contribution in [-0.4, -0.2) is 39.2 Å². The number of aromatic nitrogens is 3. The second-order valence-corrected chi connectivity index (χ2v) is 10.3. The Balaban J connectivity index is 1.17. The average molecular weight is 545 g/mol. The van der Waals surface area contributed by atoms with E-state index in [1.54, 1.807) is 6.07 Å². The van der Waals surface area contributed by atoms with Crippen LogP contribution in [0, 0.1) is 5.92 Å². The third-order valence-corrected chi connectivity index (χ3v) is 7.45. The molecule has 7 nitrogen and oxygen atoms in total. The summed E-state index contributed by atoms with van der Waals surface area (Å²) in [5.74, 6) is 2.42. The number of carbonyl (C=O) groups excluding carboxylic acids is 1. The Morgan fingerprint density at radius 3 is 2.42 bits per heavy atom. The normalized spacial score (nSPS) is 17.6. The zero-order valence-electron chi connectivity index (χ0n) is 20.9. The Morgan fingerprint density at radius 1 is 0.947 bits per heavy atom. The highest BCUT2D eigenvalue weighted by atomic mass is 32.2. The molecule has 1 aliphatic carbocycles. The lowest BCUT2D eigenvalue weighted by Crippen LogP contribution is -2.36. The predicted octanol–water partition coefficient (Wildman–Crippen LogP) is 5.52. The first kappa shape index (κ1) is 27.7. The van der Waals surface area contributed by atoms with Crippen LogP contribution in [0.4, 0.5) is 25.1 Å². The second-order valence-electron chi connectivity index (χ2n) is 9.16. The summed E-state index contributed by atoms with van der Waals surface area (Å²) in [7, 11) is 0. The van der Waals surface area contributed by atoms with E-state index in [1.807, 2.05) is 30.0 Å². The molecule has 202 valence electrons. The van der Waals surface area contributed by atoms with Crippen LogP contribution in [0.3, 0.4) is 0 Å². The van der Waals surface area contributed by atoms with Crippen LogP contribution in [0.2, 0.25) is 0 Å². The number of alkyl halides is 3. The van der Waals surface area contributed by atoms with Gasteiger partial charge in [-0.25, -0.2) is 9.97 Å². The molecule has 1 amide bonds. The highest BCUT2D eigenvalue weighted by Crippen LogP contribution is 2.32. The van der Waals surface area contributed by atoms with Gasteiger partial charge in [-0.15, -0.1) is 0 Å². The highest BCUT2D eigenvalue weighted by Gasteiger charge is 2.33. The Labute approximate surface area is 224 Å². The largest absolute Gasteiger partial charge is 0.416 e. The number of carbonyl (C=O) groups is 1. The maximum Gasteiger partial charge on any atom is 0.416 e. The van der Waals surface area contributed by atoms with E-state index in [4.69, 9.17) is 0 Å². The molecule has 1 aromatic heterocycles. The van der Waals surface area contributed by atoms with Crippen LogP contribution in [0.1, 0.15) is 42.4 Å². The number of anilines is 2. The molecule has 3 N–H and O–H groups in total. The number of thioether (sulfide) groups is 1. The van der Waals surface area contributed by atoms with Crippen molar-refractivity contribution in [3.8, 4) is 0 Å². The quantitative estimate of drug-likeness (QED) is 0.274. The van der Waals surface area contributed by atoms with Crippen LogP contribution in [-0.2, 0) is 23.3 Å². The van der Waals surface area contributed by atoms with Crippen molar-refractivity contribution < 1.29 is 18.0 Å². The van der Waals surface area contributed by atoms with Gasteiger partial charge in [0.25, 0.3) is 0 Å². The van der Waals surface area contributed by atoms with E-state index in [-0.39, 0.29) is 30.0 Å². The van der Waals surface area contributed by atoms with E-state index in [1.165, 1.54) is 24.0 Å². The summed E-state index contributed by atoms with van der Waals surface area (Å²) in [4.78, 5) is 25.5. The van der Waals surface area contributed by atoms with Crippen molar-refractivity contribution in [2.75, 3.05) is 22.9 Å². The number of benzene rings is 2. The van der Waals surface area contributed by atoms with Crippen molar-refractivity contribution in [3.05, 3.63) is 77.6 Å². The van der Waals surface area contributed by atoms with Crippen molar-refractivity contribution in [2.24, 2.45) is 5.92 Å². The number of nitrogens with one attached hydrogen (secondary N) is 3. The fourth-order valence-electron chi connectivity index (χ4n) is 4.41. The van der Waals surface area contributed by atoms with Gasteiger partial charge in [-0.3, -0.25) is 4.79 Å². The number of rotatable bonds is 11. The smallest absolute Gasteiger partial charge is 0.353 e. The van der Waals surface area contributed by atoms with Gasteiger partial charge in [-0.2, -0.15) is 29.9 Å². The monoisotopic (exact) mass is 544 g/mol. The fraction of sp³-hybridized carbons (Fsp3) is 0.407. The number of hydrogen-bond acceptors (Lipinski definition) is 7. The van der Waals surface area contributed by atoms with E-state index in [0.717, 1.165) is 37.0 Å². The van der Waals surface area contributed by atoms with Gasteiger partial charge in [0.1, 0.15) is 6.33 Å². The van der Waals surface area contributed by atoms with E-state index >= 15 is 0 Å². The van der Waals surface area contributed by atoms with Crippen molar-refractivity contribution in [1.82, 2.24) is 20.3 Å². The van der Waals surface area contributed by atoms with Gasteiger partial charge in [0.05, 0.1) is 5.56 Å². The third kappa shape index (κ3) is 8.34. The lowest BCUT2D eigenvalue weighted by atomic mass is 9.85. The average Bonchev–Trinajstić information content (AvgIpc) is 2.92. The van der Waals surface area contributed by atoms with Gasteiger partial charge in [-0.1, -0.05) is 48.5 Å². The summed E-state index contributed by atoms with van der Waals surface area (Å²) < 4.78 is 39.6. The predicted molar refractivity (Wildman–Crippen MR) is 144 cm³/mol. The Kier molecular flexibility index (Phi) is 9.80. The van der Waals surface area contributed by atoms with E-state index in [0.29, 0.717) is 24.7 Å². The molecule has 0 unspecified atom stereocenters. The summed E-state index contributed by atoms with van der Waals surface area (Å²) in [5.41, 5.74) is 0.645. The Bertz CT molecular complexity index is 1170.